The molecule has 1 amide bonds. The average Bonchev–Trinajstić information content (AvgIpc) is 3.31. The van der Waals surface area contributed by atoms with E-state index in [1.54, 1.807) is 0 Å². The Morgan fingerprint density at radius 1 is 1.05 bits per heavy atom. The van der Waals surface area contributed by atoms with E-state index in [1.807, 2.05) is 4.90 Å². The van der Waals surface area contributed by atoms with Gasteiger partial charge in [0.25, 0.3) is 0 Å². The molecule has 22 heavy (non-hydrogen) atoms. The number of carboxylic acids is 1. The second kappa shape index (κ2) is 6.96. The Hall–Kier alpha value is -1.14. The van der Waals surface area contributed by atoms with E-state index in [-0.39, 0.29) is 18.4 Å². The van der Waals surface area contributed by atoms with E-state index in [4.69, 9.17) is 5.11 Å². The summed E-state index contributed by atoms with van der Waals surface area (Å²) in [5.41, 5.74) is 0. The predicted molar refractivity (Wildman–Crippen MR) is 82.6 cm³/mol. The lowest BCUT2D eigenvalue weighted by Crippen LogP contribution is -2.51. The highest BCUT2D eigenvalue weighted by Gasteiger charge is 2.33. The molecule has 0 aromatic rings. The molecule has 2 aliphatic heterocycles. The van der Waals surface area contributed by atoms with Crippen molar-refractivity contribution in [3.8, 4) is 0 Å². The summed E-state index contributed by atoms with van der Waals surface area (Å²) in [6.07, 6.45) is 6.42. The molecule has 124 valence electrons. The third-order valence-corrected chi connectivity index (χ3v) is 5.18. The molecule has 0 aromatic heterocycles. The minimum absolute atomic E-state index is 0.145. The number of aliphatic carboxylic acids is 1. The fourth-order valence-electron chi connectivity index (χ4n) is 3.73. The van der Waals surface area contributed by atoms with Gasteiger partial charge in [0.05, 0.1) is 12.5 Å². The van der Waals surface area contributed by atoms with Crippen molar-refractivity contribution >= 4 is 11.9 Å². The Morgan fingerprint density at radius 2 is 1.77 bits per heavy atom. The van der Waals surface area contributed by atoms with Crippen LogP contribution in [-0.2, 0) is 9.59 Å². The summed E-state index contributed by atoms with van der Waals surface area (Å²) in [5.74, 6) is -0.352. The quantitative estimate of drug-likeness (QED) is 0.775. The first-order valence-corrected chi connectivity index (χ1v) is 8.60. The molecule has 1 aliphatic carbocycles. The third kappa shape index (κ3) is 4.20. The first-order valence-electron chi connectivity index (χ1n) is 8.60. The number of hydrogen-bond donors (Lipinski definition) is 2. The summed E-state index contributed by atoms with van der Waals surface area (Å²) in [5, 5.41) is 12.0. The maximum atomic E-state index is 12.2. The highest BCUT2D eigenvalue weighted by molar-refractivity contribution is 5.79. The summed E-state index contributed by atoms with van der Waals surface area (Å²) < 4.78 is 0. The number of nitrogens with zero attached hydrogens (tertiary/aromatic N) is 2. The fourth-order valence-corrected chi connectivity index (χ4v) is 3.73. The van der Waals surface area contributed by atoms with Gasteiger partial charge in [-0.05, 0) is 45.1 Å². The zero-order chi connectivity index (χ0) is 15.5. The Labute approximate surface area is 131 Å². The van der Waals surface area contributed by atoms with E-state index < -0.39 is 5.97 Å². The van der Waals surface area contributed by atoms with Crippen LogP contribution in [0, 0.1) is 5.92 Å². The van der Waals surface area contributed by atoms with Crippen molar-refractivity contribution in [2.75, 3.05) is 32.7 Å². The Morgan fingerprint density at radius 3 is 2.41 bits per heavy atom. The number of carbonyl (C=O) groups is 2. The van der Waals surface area contributed by atoms with E-state index in [2.05, 4.69) is 10.2 Å². The smallest absolute Gasteiger partial charge is 0.317 e. The topological polar surface area (TPSA) is 72.9 Å². The predicted octanol–water partition coefficient (Wildman–Crippen LogP) is 0.526. The Kier molecular flexibility index (Phi) is 4.98. The number of nitrogens with one attached hydrogen (secondary N) is 1. The van der Waals surface area contributed by atoms with Gasteiger partial charge in [-0.25, -0.2) is 0 Å². The largest absolute Gasteiger partial charge is 0.480 e. The highest BCUT2D eigenvalue weighted by atomic mass is 16.4. The van der Waals surface area contributed by atoms with Crippen molar-refractivity contribution in [1.82, 2.24) is 15.1 Å². The van der Waals surface area contributed by atoms with Gasteiger partial charge in [0, 0.05) is 31.7 Å². The van der Waals surface area contributed by atoms with Crippen LogP contribution >= 0.6 is 0 Å². The van der Waals surface area contributed by atoms with E-state index in [9.17, 15) is 9.59 Å². The van der Waals surface area contributed by atoms with Crippen molar-refractivity contribution in [3.05, 3.63) is 0 Å². The molecule has 3 rings (SSSR count). The van der Waals surface area contributed by atoms with Crippen molar-refractivity contribution in [1.29, 1.82) is 0 Å². The van der Waals surface area contributed by atoms with Crippen LogP contribution in [0.1, 0.15) is 38.5 Å². The molecule has 2 N–H and O–H groups in total. The van der Waals surface area contributed by atoms with Gasteiger partial charge >= 0.3 is 5.97 Å². The fraction of sp³-hybridized carbons (Fsp3) is 0.875. The minimum atomic E-state index is -0.742. The van der Waals surface area contributed by atoms with Crippen LogP contribution in [0.4, 0.5) is 0 Å². The lowest BCUT2D eigenvalue weighted by molar-refractivity contribution is -0.139. The van der Waals surface area contributed by atoms with Gasteiger partial charge in [0.15, 0.2) is 0 Å². The number of amides is 1. The minimum Gasteiger partial charge on any atom is -0.480 e. The van der Waals surface area contributed by atoms with Crippen LogP contribution in [0.15, 0.2) is 0 Å². The number of rotatable bonds is 5. The summed E-state index contributed by atoms with van der Waals surface area (Å²) >= 11 is 0. The Bertz CT molecular complexity index is 417. The molecule has 1 saturated carbocycles. The van der Waals surface area contributed by atoms with Crippen molar-refractivity contribution in [2.45, 2.75) is 50.6 Å². The first-order chi connectivity index (χ1) is 10.6. The first kappa shape index (κ1) is 15.7. The molecule has 0 radical (unpaired) electrons. The van der Waals surface area contributed by atoms with Crippen LogP contribution < -0.4 is 5.32 Å². The third-order valence-electron chi connectivity index (χ3n) is 5.18. The van der Waals surface area contributed by atoms with Crippen molar-refractivity contribution in [3.63, 3.8) is 0 Å². The number of carboxylic acid groups (broad SMARTS) is 1. The molecule has 6 heteroatoms. The number of likely N-dealkylation sites (tertiary alicyclic amines) is 2. The van der Waals surface area contributed by atoms with Crippen LogP contribution in [0.2, 0.25) is 0 Å². The Balaban J connectivity index is 1.45. The monoisotopic (exact) mass is 309 g/mol. The average molecular weight is 309 g/mol. The summed E-state index contributed by atoms with van der Waals surface area (Å²) in [6.45, 7) is 3.82. The zero-order valence-electron chi connectivity index (χ0n) is 13.2. The van der Waals surface area contributed by atoms with Gasteiger partial charge in [0.2, 0.25) is 5.91 Å². The maximum Gasteiger partial charge on any atom is 0.317 e. The summed E-state index contributed by atoms with van der Waals surface area (Å²) in [7, 11) is 0. The molecule has 0 bridgehead atoms. The van der Waals surface area contributed by atoms with Crippen molar-refractivity contribution in [2.24, 2.45) is 5.92 Å². The van der Waals surface area contributed by atoms with Gasteiger partial charge in [0.1, 0.15) is 0 Å². The van der Waals surface area contributed by atoms with Gasteiger partial charge in [-0.15, -0.1) is 0 Å². The molecule has 1 atom stereocenters. The molecule has 3 fully saturated rings. The van der Waals surface area contributed by atoms with Crippen molar-refractivity contribution < 1.29 is 14.7 Å². The van der Waals surface area contributed by atoms with Crippen LogP contribution in [0.5, 0.6) is 0 Å². The summed E-state index contributed by atoms with van der Waals surface area (Å²) in [4.78, 5) is 27.5. The van der Waals surface area contributed by atoms with Gasteiger partial charge in [-0.2, -0.15) is 0 Å². The molecule has 0 aromatic carbocycles. The molecule has 6 nitrogen and oxygen atoms in total. The lowest BCUT2D eigenvalue weighted by Gasteiger charge is -2.41. The summed E-state index contributed by atoms with van der Waals surface area (Å²) in [6, 6.07) is 0.962. The van der Waals surface area contributed by atoms with Gasteiger partial charge < -0.3 is 10.4 Å². The number of piperidine rings is 2. The van der Waals surface area contributed by atoms with Gasteiger partial charge in [-0.3, -0.25) is 19.4 Å². The second-order valence-electron chi connectivity index (χ2n) is 7.02. The van der Waals surface area contributed by atoms with Crippen LogP contribution in [0.3, 0.4) is 0 Å². The van der Waals surface area contributed by atoms with E-state index >= 15 is 0 Å². The molecule has 2 heterocycles. The van der Waals surface area contributed by atoms with Crippen LogP contribution in [0.25, 0.3) is 0 Å². The molecule has 3 aliphatic rings. The normalized spacial score (nSPS) is 28.5. The van der Waals surface area contributed by atoms with E-state index in [0.717, 1.165) is 64.7 Å². The van der Waals surface area contributed by atoms with E-state index in [1.165, 1.54) is 0 Å². The SMILES string of the molecule is O=C(O)CN1CCC(N2CCCC(C(=O)NC3CC3)C2)CC1. The molecule has 1 unspecified atom stereocenters. The molecule has 0 spiro atoms. The van der Waals surface area contributed by atoms with Gasteiger partial charge in [-0.1, -0.05) is 0 Å². The maximum absolute atomic E-state index is 12.2. The molecule has 2 saturated heterocycles. The highest BCUT2D eigenvalue weighted by Crippen LogP contribution is 2.25. The number of carbonyl (C=O) groups excluding carboxylic acids is 1. The number of hydrogen-bond acceptors (Lipinski definition) is 4. The standard InChI is InChI=1S/C16H27N3O3/c20-15(21)11-18-8-5-14(6-9-18)19-7-1-2-12(10-19)16(22)17-13-3-4-13/h12-14H,1-11H2,(H,17,22)(H,20,21). The second-order valence-corrected chi connectivity index (χ2v) is 7.02. The molecular weight excluding hydrogens is 282 g/mol. The zero-order valence-corrected chi connectivity index (χ0v) is 13.2. The molecular formula is C16H27N3O3. The van der Waals surface area contributed by atoms with Crippen LogP contribution in [-0.4, -0.2) is 71.6 Å². The van der Waals surface area contributed by atoms with E-state index in [0.29, 0.717) is 12.1 Å². The lowest BCUT2D eigenvalue weighted by atomic mass is 9.93.